The van der Waals surface area contributed by atoms with E-state index in [1.165, 1.54) is 12.8 Å². The second-order valence-electron chi connectivity index (χ2n) is 5.61. The van der Waals surface area contributed by atoms with Gasteiger partial charge in [-0.15, -0.1) is 0 Å². The molecule has 1 N–H and O–H groups in total. The van der Waals surface area contributed by atoms with Gasteiger partial charge in [-0.1, -0.05) is 0 Å². The molecule has 0 bridgehead atoms. The summed E-state index contributed by atoms with van der Waals surface area (Å²) in [5.74, 6) is 0.931. The average Bonchev–Trinajstić information content (AvgIpc) is 3.09. The van der Waals surface area contributed by atoms with Crippen LogP contribution < -0.4 is 0 Å². The zero-order valence-electron chi connectivity index (χ0n) is 10.6. The van der Waals surface area contributed by atoms with Crippen LogP contribution in [0.3, 0.4) is 0 Å². The zero-order valence-corrected chi connectivity index (χ0v) is 10.6. The van der Waals surface area contributed by atoms with Crippen LogP contribution in [0.5, 0.6) is 0 Å². The summed E-state index contributed by atoms with van der Waals surface area (Å²) in [7, 11) is 0. The molecule has 2 saturated carbocycles. The number of rotatable bonds is 6. The zero-order chi connectivity index (χ0) is 12.6. The predicted octanol–water partition coefficient (Wildman–Crippen LogP) is 1.74. The van der Waals surface area contributed by atoms with Crippen LogP contribution in [0.1, 0.15) is 39.5 Å². The van der Waals surface area contributed by atoms with Gasteiger partial charge in [0.1, 0.15) is 0 Å². The Morgan fingerprint density at radius 1 is 1.35 bits per heavy atom. The van der Waals surface area contributed by atoms with E-state index in [1.807, 2.05) is 13.8 Å². The minimum Gasteiger partial charge on any atom is -0.481 e. The summed E-state index contributed by atoms with van der Waals surface area (Å²) in [6.07, 6.45) is 3.64. The number of amides is 1. The molecule has 2 aliphatic carbocycles. The fourth-order valence-electron chi connectivity index (χ4n) is 2.60. The quantitative estimate of drug-likeness (QED) is 0.768. The molecule has 0 radical (unpaired) electrons. The summed E-state index contributed by atoms with van der Waals surface area (Å²) in [6.45, 7) is 4.25. The molecule has 2 aliphatic rings. The van der Waals surface area contributed by atoms with Gasteiger partial charge < -0.3 is 10.0 Å². The van der Waals surface area contributed by atoms with Gasteiger partial charge in [0.2, 0.25) is 5.91 Å². The van der Waals surface area contributed by atoms with Crippen molar-refractivity contribution in [3.05, 3.63) is 0 Å². The van der Waals surface area contributed by atoms with Crippen molar-refractivity contribution in [1.29, 1.82) is 0 Å². The van der Waals surface area contributed by atoms with Crippen LogP contribution in [0.2, 0.25) is 0 Å². The fourth-order valence-corrected chi connectivity index (χ4v) is 2.60. The number of carboxylic acids is 1. The summed E-state index contributed by atoms with van der Waals surface area (Å²) in [5.41, 5.74) is 0. The van der Waals surface area contributed by atoms with Crippen LogP contribution in [0.25, 0.3) is 0 Å². The standard InChI is InChI=1S/C13H21NO3/c1-8(2)14(6-5-12(15)16)13(17)11-7-10(11)9-3-4-9/h8-11H,3-7H2,1-2H3,(H,15,16)/t10-,11+/m1/s1. The van der Waals surface area contributed by atoms with Gasteiger partial charge in [0, 0.05) is 18.5 Å². The van der Waals surface area contributed by atoms with Crippen molar-refractivity contribution in [2.24, 2.45) is 17.8 Å². The molecule has 0 aromatic heterocycles. The molecule has 1 amide bonds. The lowest BCUT2D eigenvalue weighted by atomic mass is 10.2. The Kier molecular flexibility index (Phi) is 3.40. The monoisotopic (exact) mass is 239 g/mol. The molecule has 0 heterocycles. The molecular formula is C13H21NO3. The van der Waals surface area contributed by atoms with Crippen molar-refractivity contribution in [3.63, 3.8) is 0 Å². The Hall–Kier alpha value is -1.06. The smallest absolute Gasteiger partial charge is 0.305 e. The second-order valence-corrected chi connectivity index (χ2v) is 5.61. The molecule has 96 valence electrons. The maximum Gasteiger partial charge on any atom is 0.305 e. The van der Waals surface area contributed by atoms with Gasteiger partial charge in [0.25, 0.3) is 0 Å². The molecule has 2 atom stereocenters. The van der Waals surface area contributed by atoms with Gasteiger partial charge in [-0.2, -0.15) is 0 Å². The van der Waals surface area contributed by atoms with Crippen LogP contribution in [0.4, 0.5) is 0 Å². The largest absolute Gasteiger partial charge is 0.481 e. The third-order valence-corrected chi connectivity index (χ3v) is 3.86. The van der Waals surface area contributed by atoms with Crippen molar-refractivity contribution in [1.82, 2.24) is 4.90 Å². The van der Waals surface area contributed by atoms with Crippen molar-refractivity contribution >= 4 is 11.9 Å². The first kappa shape index (κ1) is 12.4. The van der Waals surface area contributed by atoms with E-state index >= 15 is 0 Å². The first-order chi connectivity index (χ1) is 8.00. The fraction of sp³-hybridized carbons (Fsp3) is 0.846. The highest BCUT2D eigenvalue weighted by Crippen LogP contribution is 2.54. The number of carboxylic acid groups (broad SMARTS) is 1. The summed E-state index contributed by atoms with van der Waals surface area (Å²) >= 11 is 0. The van der Waals surface area contributed by atoms with Crippen molar-refractivity contribution in [2.45, 2.75) is 45.6 Å². The average molecular weight is 239 g/mol. The normalized spacial score (nSPS) is 27.0. The lowest BCUT2D eigenvalue weighted by molar-refractivity contribution is -0.139. The predicted molar refractivity (Wildman–Crippen MR) is 63.4 cm³/mol. The molecule has 0 unspecified atom stereocenters. The Labute approximate surface area is 102 Å². The number of hydrogen-bond acceptors (Lipinski definition) is 2. The van der Waals surface area contributed by atoms with Gasteiger partial charge in [-0.05, 0) is 44.9 Å². The Balaban J connectivity index is 1.86. The van der Waals surface area contributed by atoms with Gasteiger partial charge >= 0.3 is 5.97 Å². The topological polar surface area (TPSA) is 57.6 Å². The molecule has 0 aromatic rings. The molecule has 2 fully saturated rings. The third kappa shape index (κ3) is 2.99. The lowest BCUT2D eigenvalue weighted by Gasteiger charge is -2.26. The highest BCUT2D eigenvalue weighted by molar-refractivity contribution is 5.82. The summed E-state index contributed by atoms with van der Waals surface area (Å²) in [5, 5.41) is 8.69. The highest BCUT2D eigenvalue weighted by atomic mass is 16.4. The Morgan fingerprint density at radius 2 is 2.00 bits per heavy atom. The molecule has 0 aromatic carbocycles. The summed E-state index contributed by atoms with van der Waals surface area (Å²) in [4.78, 5) is 24.6. The van der Waals surface area contributed by atoms with Gasteiger partial charge in [-0.25, -0.2) is 0 Å². The number of aliphatic carboxylic acids is 1. The molecular weight excluding hydrogens is 218 g/mol. The Bertz CT molecular complexity index is 323. The molecule has 4 nitrogen and oxygen atoms in total. The van der Waals surface area contributed by atoms with E-state index in [0.29, 0.717) is 12.5 Å². The van der Waals surface area contributed by atoms with Crippen molar-refractivity contribution < 1.29 is 14.7 Å². The minimum absolute atomic E-state index is 0.0464. The number of carbonyl (C=O) groups excluding carboxylic acids is 1. The van der Waals surface area contributed by atoms with Crippen molar-refractivity contribution in [2.75, 3.05) is 6.54 Å². The number of hydrogen-bond donors (Lipinski definition) is 1. The van der Waals surface area contributed by atoms with E-state index in [2.05, 4.69) is 0 Å². The van der Waals surface area contributed by atoms with Crippen LogP contribution >= 0.6 is 0 Å². The second kappa shape index (κ2) is 4.67. The first-order valence-electron chi connectivity index (χ1n) is 6.53. The van der Waals surface area contributed by atoms with Crippen LogP contribution in [-0.4, -0.2) is 34.5 Å². The van der Waals surface area contributed by atoms with Gasteiger partial charge in [0.15, 0.2) is 0 Å². The van der Waals surface area contributed by atoms with Crippen molar-refractivity contribution in [3.8, 4) is 0 Å². The molecule has 0 aliphatic heterocycles. The Morgan fingerprint density at radius 3 is 2.47 bits per heavy atom. The van der Waals surface area contributed by atoms with Crippen LogP contribution in [0.15, 0.2) is 0 Å². The van der Waals surface area contributed by atoms with E-state index in [1.54, 1.807) is 4.90 Å². The lowest BCUT2D eigenvalue weighted by Crippen LogP contribution is -2.39. The molecule has 0 spiro atoms. The summed E-state index contributed by atoms with van der Waals surface area (Å²) < 4.78 is 0. The minimum atomic E-state index is -0.835. The molecule has 0 saturated heterocycles. The number of carbonyl (C=O) groups is 2. The third-order valence-electron chi connectivity index (χ3n) is 3.86. The molecule has 2 rings (SSSR count). The molecule has 4 heteroatoms. The highest BCUT2D eigenvalue weighted by Gasteiger charge is 2.52. The van der Waals surface area contributed by atoms with E-state index in [4.69, 9.17) is 5.11 Å². The van der Waals surface area contributed by atoms with Crippen LogP contribution in [0, 0.1) is 17.8 Å². The first-order valence-corrected chi connectivity index (χ1v) is 6.53. The maximum absolute atomic E-state index is 12.2. The van der Waals surface area contributed by atoms with Gasteiger partial charge in [0.05, 0.1) is 6.42 Å². The van der Waals surface area contributed by atoms with E-state index in [9.17, 15) is 9.59 Å². The molecule has 17 heavy (non-hydrogen) atoms. The van der Waals surface area contributed by atoms with Crippen LogP contribution in [-0.2, 0) is 9.59 Å². The van der Waals surface area contributed by atoms with E-state index < -0.39 is 5.97 Å². The maximum atomic E-state index is 12.2. The number of nitrogens with zero attached hydrogens (tertiary/aromatic N) is 1. The van der Waals surface area contributed by atoms with E-state index in [0.717, 1.165) is 12.3 Å². The SMILES string of the molecule is CC(C)N(CCC(=O)O)C(=O)[C@H]1C[C@@H]1C1CC1. The van der Waals surface area contributed by atoms with Gasteiger partial charge in [-0.3, -0.25) is 9.59 Å². The van der Waals surface area contributed by atoms with E-state index in [-0.39, 0.29) is 24.3 Å². The summed E-state index contributed by atoms with van der Waals surface area (Å²) in [6, 6.07) is 0.0994.